The fraction of sp³-hybridized carbons (Fsp3) is 0.600. The number of nitrogens with one attached hydrogen (secondary N) is 1. The van der Waals surface area contributed by atoms with E-state index < -0.39 is 0 Å². The minimum Gasteiger partial charge on any atom is -0.376 e. The number of nitrogens with zero attached hydrogens (tertiary/aromatic N) is 1. The molecule has 2 heterocycles. The van der Waals surface area contributed by atoms with E-state index in [9.17, 15) is 4.79 Å². The van der Waals surface area contributed by atoms with Crippen molar-refractivity contribution in [3.63, 3.8) is 0 Å². The molecule has 1 saturated heterocycles. The quantitative estimate of drug-likeness (QED) is 0.805. The number of nitrogens with two attached hydrogens (primary N) is 1. The standard InChI is InChI=1S/C10H15N3O2S/c11-4-9-13-8(6-16-9)10(14)12-5-7-2-1-3-15-7/h6-7H,1-5,11H2,(H,12,14). The van der Waals surface area contributed by atoms with Gasteiger partial charge in [-0.15, -0.1) is 11.3 Å². The van der Waals surface area contributed by atoms with Crippen molar-refractivity contribution in [3.8, 4) is 0 Å². The van der Waals surface area contributed by atoms with Gasteiger partial charge in [0.25, 0.3) is 5.91 Å². The van der Waals surface area contributed by atoms with Gasteiger partial charge in [0.1, 0.15) is 10.7 Å². The van der Waals surface area contributed by atoms with Crippen molar-refractivity contribution in [1.82, 2.24) is 10.3 Å². The Hall–Kier alpha value is -0.980. The number of hydrogen-bond donors (Lipinski definition) is 2. The van der Waals surface area contributed by atoms with E-state index in [-0.39, 0.29) is 12.0 Å². The van der Waals surface area contributed by atoms with Crippen LogP contribution in [0.15, 0.2) is 5.38 Å². The number of rotatable bonds is 4. The maximum absolute atomic E-state index is 11.7. The van der Waals surface area contributed by atoms with E-state index in [1.807, 2.05) is 0 Å². The zero-order chi connectivity index (χ0) is 11.4. The summed E-state index contributed by atoms with van der Waals surface area (Å²) in [6.45, 7) is 1.74. The average Bonchev–Trinajstić information content (AvgIpc) is 2.96. The van der Waals surface area contributed by atoms with Crippen LogP contribution in [0.5, 0.6) is 0 Å². The number of hydrogen-bond acceptors (Lipinski definition) is 5. The molecule has 88 valence electrons. The van der Waals surface area contributed by atoms with Crippen LogP contribution in [0.2, 0.25) is 0 Å². The number of thiazole rings is 1. The molecule has 1 unspecified atom stereocenters. The Morgan fingerprint density at radius 2 is 2.62 bits per heavy atom. The molecular formula is C10H15N3O2S. The lowest BCUT2D eigenvalue weighted by Gasteiger charge is -2.09. The van der Waals surface area contributed by atoms with Gasteiger partial charge < -0.3 is 15.8 Å². The molecule has 3 N–H and O–H groups in total. The maximum Gasteiger partial charge on any atom is 0.270 e. The molecule has 1 aliphatic heterocycles. The van der Waals surface area contributed by atoms with Gasteiger partial charge in [0, 0.05) is 25.1 Å². The molecule has 16 heavy (non-hydrogen) atoms. The molecule has 0 aromatic carbocycles. The number of carbonyl (C=O) groups is 1. The Bertz CT molecular complexity index is 361. The summed E-state index contributed by atoms with van der Waals surface area (Å²) < 4.78 is 5.41. The summed E-state index contributed by atoms with van der Waals surface area (Å²) in [6.07, 6.45) is 2.26. The van der Waals surface area contributed by atoms with Crippen molar-refractivity contribution < 1.29 is 9.53 Å². The van der Waals surface area contributed by atoms with Gasteiger partial charge in [-0.25, -0.2) is 4.98 Å². The van der Waals surface area contributed by atoms with Crippen molar-refractivity contribution >= 4 is 17.2 Å². The van der Waals surface area contributed by atoms with Crippen LogP contribution in [-0.4, -0.2) is 30.1 Å². The second-order valence-corrected chi connectivity index (χ2v) is 4.62. The molecule has 0 spiro atoms. The molecule has 1 amide bonds. The van der Waals surface area contributed by atoms with Gasteiger partial charge in [0.05, 0.1) is 6.10 Å². The van der Waals surface area contributed by atoms with E-state index in [1.165, 1.54) is 11.3 Å². The first-order valence-corrected chi connectivity index (χ1v) is 6.22. The number of amides is 1. The lowest BCUT2D eigenvalue weighted by Crippen LogP contribution is -2.31. The smallest absolute Gasteiger partial charge is 0.270 e. The van der Waals surface area contributed by atoms with E-state index >= 15 is 0 Å². The minimum atomic E-state index is -0.147. The van der Waals surface area contributed by atoms with Gasteiger partial charge in [-0.1, -0.05) is 0 Å². The van der Waals surface area contributed by atoms with Crippen molar-refractivity contribution in [2.24, 2.45) is 5.73 Å². The largest absolute Gasteiger partial charge is 0.376 e. The zero-order valence-corrected chi connectivity index (χ0v) is 9.76. The molecule has 1 aromatic heterocycles. The first-order chi connectivity index (χ1) is 7.79. The van der Waals surface area contributed by atoms with Gasteiger partial charge in [-0.05, 0) is 12.8 Å². The van der Waals surface area contributed by atoms with Gasteiger partial charge in [-0.3, -0.25) is 4.79 Å². The second kappa shape index (κ2) is 5.38. The van der Waals surface area contributed by atoms with Crippen LogP contribution in [0, 0.1) is 0 Å². The Balaban J connectivity index is 1.82. The highest BCUT2D eigenvalue weighted by atomic mass is 32.1. The second-order valence-electron chi connectivity index (χ2n) is 3.68. The topological polar surface area (TPSA) is 77.2 Å². The van der Waals surface area contributed by atoms with Crippen LogP contribution in [0.3, 0.4) is 0 Å². The fourth-order valence-corrected chi connectivity index (χ4v) is 2.27. The maximum atomic E-state index is 11.7. The Kier molecular flexibility index (Phi) is 3.87. The molecule has 0 aliphatic carbocycles. The number of carbonyl (C=O) groups excluding carboxylic acids is 1. The summed E-state index contributed by atoms with van der Waals surface area (Å²) in [5, 5.41) is 5.33. The van der Waals surface area contributed by atoms with E-state index in [0.717, 1.165) is 24.5 Å². The highest BCUT2D eigenvalue weighted by Gasteiger charge is 2.17. The number of ether oxygens (including phenoxy) is 1. The molecule has 0 radical (unpaired) electrons. The summed E-state index contributed by atoms with van der Waals surface area (Å²) in [4.78, 5) is 15.8. The minimum absolute atomic E-state index is 0.147. The Labute approximate surface area is 98.0 Å². The normalized spacial score (nSPS) is 19.9. The molecule has 1 aliphatic rings. The highest BCUT2D eigenvalue weighted by Crippen LogP contribution is 2.12. The van der Waals surface area contributed by atoms with Crippen molar-refractivity contribution in [2.75, 3.05) is 13.2 Å². The summed E-state index contributed by atoms with van der Waals surface area (Å²) in [5.74, 6) is -0.147. The molecule has 5 nitrogen and oxygen atoms in total. The average molecular weight is 241 g/mol. The summed E-state index contributed by atoms with van der Waals surface area (Å²) >= 11 is 1.41. The summed E-state index contributed by atoms with van der Waals surface area (Å²) in [7, 11) is 0. The molecule has 0 bridgehead atoms. The van der Waals surface area contributed by atoms with Gasteiger partial charge in [0.2, 0.25) is 0 Å². The number of aromatic nitrogens is 1. The lowest BCUT2D eigenvalue weighted by atomic mass is 10.2. The van der Waals surface area contributed by atoms with E-state index in [4.69, 9.17) is 10.5 Å². The first-order valence-electron chi connectivity index (χ1n) is 5.34. The van der Waals surface area contributed by atoms with Crippen LogP contribution in [0.4, 0.5) is 0 Å². The Morgan fingerprint density at radius 3 is 3.25 bits per heavy atom. The monoisotopic (exact) mass is 241 g/mol. The van der Waals surface area contributed by atoms with Crippen molar-refractivity contribution in [1.29, 1.82) is 0 Å². The van der Waals surface area contributed by atoms with Gasteiger partial charge >= 0.3 is 0 Å². The van der Waals surface area contributed by atoms with Gasteiger partial charge in [0.15, 0.2) is 0 Å². The summed E-state index contributed by atoms with van der Waals surface area (Å²) in [5.41, 5.74) is 5.88. The van der Waals surface area contributed by atoms with E-state index in [1.54, 1.807) is 5.38 Å². The van der Waals surface area contributed by atoms with Crippen LogP contribution >= 0.6 is 11.3 Å². The SMILES string of the molecule is NCc1nc(C(=O)NCC2CCCO2)cs1. The molecular weight excluding hydrogens is 226 g/mol. The zero-order valence-electron chi connectivity index (χ0n) is 8.94. The predicted molar refractivity (Wildman–Crippen MR) is 61.3 cm³/mol. The first kappa shape index (κ1) is 11.5. The van der Waals surface area contributed by atoms with Crippen LogP contribution in [0.25, 0.3) is 0 Å². The predicted octanol–water partition coefficient (Wildman–Crippen LogP) is 0.511. The third-order valence-electron chi connectivity index (χ3n) is 2.47. The molecule has 6 heteroatoms. The molecule has 1 atom stereocenters. The Morgan fingerprint density at radius 1 is 1.75 bits per heavy atom. The molecule has 0 saturated carbocycles. The summed E-state index contributed by atoms with van der Waals surface area (Å²) in [6, 6.07) is 0. The molecule has 2 rings (SSSR count). The van der Waals surface area contributed by atoms with Crippen LogP contribution in [0.1, 0.15) is 28.3 Å². The highest BCUT2D eigenvalue weighted by molar-refractivity contribution is 7.09. The van der Waals surface area contributed by atoms with Crippen molar-refractivity contribution in [2.45, 2.75) is 25.5 Å². The van der Waals surface area contributed by atoms with E-state index in [0.29, 0.717) is 18.8 Å². The van der Waals surface area contributed by atoms with Crippen molar-refractivity contribution in [3.05, 3.63) is 16.1 Å². The lowest BCUT2D eigenvalue weighted by molar-refractivity contribution is 0.0854. The van der Waals surface area contributed by atoms with Crippen LogP contribution in [-0.2, 0) is 11.3 Å². The fourth-order valence-electron chi connectivity index (χ4n) is 1.61. The third kappa shape index (κ3) is 2.78. The third-order valence-corrected chi connectivity index (χ3v) is 3.34. The molecule has 1 fully saturated rings. The van der Waals surface area contributed by atoms with Gasteiger partial charge in [-0.2, -0.15) is 0 Å². The van der Waals surface area contributed by atoms with Crippen LogP contribution < -0.4 is 11.1 Å². The van der Waals surface area contributed by atoms with E-state index in [2.05, 4.69) is 10.3 Å². The molecule has 1 aromatic rings.